The molecule has 0 saturated carbocycles. The first-order valence-electron chi connectivity index (χ1n) is 8.14. The van der Waals surface area contributed by atoms with Crippen molar-refractivity contribution in [2.24, 2.45) is 0 Å². The smallest absolute Gasteiger partial charge is 0.332 e. The number of nitro benzene ring substituents is 1. The molecule has 28 heavy (non-hydrogen) atoms. The van der Waals surface area contributed by atoms with Gasteiger partial charge in [0.15, 0.2) is 6.61 Å². The molecule has 2 aromatic carbocycles. The minimum atomic E-state index is -0.723. The molecule has 3 aromatic rings. The van der Waals surface area contributed by atoms with Gasteiger partial charge in [0.1, 0.15) is 17.3 Å². The first kappa shape index (κ1) is 19.4. The highest BCUT2D eigenvalue weighted by atomic mass is 32.1. The van der Waals surface area contributed by atoms with Gasteiger partial charge in [-0.1, -0.05) is 24.3 Å². The average molecular weight is 401 g/mol. The van der Waals surface area contributed by atoms with Gasteiger partial charge in [0.2, 0.25) is 0 Å². The van der Waals surface area contributed by atoms with Crippen LogP contribution in [0.25, 0.3) is 10.2 Å². The van der Waals surface area contributed by atoms with Crippen LogP contribution >= 0.6 is 11.3 Å². The Hall–Kier alpha value is -3.37. The number of benzene rings is 2. The molecule has 1 N–H and O–H groups in total. The normalized spacial score (nSPS) is 10.6. The molecule has 0 atom stereocenters. The first-order valence-corrected chi connectivity index (χ1v) is 8.95. The number of para-hydroxylation sites is 3. The molecule has 0 saturated heterocycles. The Morgan fingerprint density at radius 2 is 1.86 bits per heavy atom. The minimum absolute atomic E-state index is 0.0284. The van der Waals surface area contributed by atoms with Crippen LogP contribution in [0.15, 0.2) is 48.5 Å². The second-order valence-electron chi connectivity index (χ2n) is 5.55. The highest BCUT2D eigenvalue weighted by Crippen LogP contribution is 2.23. The third-order valence-electron chi connectivity index (χ3n) is 3.52. The largest absolute Gasteiger partial charge is 0.454 e. The van der Waals surface area contributed by atoms with Crippen LogP contribution in [0.4, 0.5) is 11.4 Å². The highest BCUT2D eigenvalue weighted by Gasteiger charge is 2.16. The number of nitrogens with one attached hydrogen (secondary N) is 1. The number of aromatic nitrogens is 1. The summed E-state index contributed by atoms with van der Waals surface area (Å²) in [5.41, 5.74) is 0.641. The summed E-state index contributed by atoms with van der Waals surface area (Å²) in [6, 6.07) is 13.3. The van der Waals surface area contributed by atoms with Crippen LogP contribution in [0.3, 0.4) is 0 Å². The van der Waals surface area contributed by atoms with Gasteiger partial charge in [-0.3, -0.25) is 14.9 Å². The van der Waals surface area contributed by atoms with E-state index in [-0.39, 0.29) is 24.6 Å². The molecular weight excluding hydrogens is 386 g/mol. The van der Waals surface area contributed by atoms with Gasteiger partial charge in [-0.25, -0.2) is 9.78 Å². The lowest BCUT2D eigenvalue weighted by Gasteiger charge is -2.07. The van der Waals surface area contributed by atoms with E-state index in [9.17, 15) is 19.7 Å². The molecule has 0 bridgehead atoms. The Labute approximate surface area is 163 Å². The average Bonchev–Trinajstić information content (AvgIpc) is 3.09. The number of esters is 1. The summed E-state index contributed by atoms with van der Waals surface area (Å²) in [7, 11) is 0. The van der Waals surface area contributed by atoms with E-state index < -0.39 is 23.4 Å². The third kappa shape index (κ3) is 5.09. The van der Waals surface area contributed by atoms with Gasteiger partial charge in [0, 0.05) is 6.07 Å². The molecule has 0 radical (unpaired) electrons. The Bertz CT molecular complexity index is 986. The van der Waals surface area contributed by atoms with Gasteiger partial charge in [-0.15, -0.1) is 11.3 Å². The number of nitro groups is 1. The predicted molar refractivity (Wildman–Crippen MR) is 102 cm³/mol. The molecule has 10 heteroatoms. The summed E-state index contributed by atoms with van der Waals surface area (Å²) in [5, 5.41) is 14.0. The monoisotopic (exact) mass is 401 g/mol. The van der Waals surface area contributed by atoms with Gasteiger partial charge in [0.05, 0.1) is 21.7 Å². The van der Waals surface area contributed by atoms with E-state index >= 15 is 0 Å². The van der Waals surface area contributed by atoms with Crippen LogP contribution in [-0.4, -0.2) is 35.0 Å². The number of hydrogen-bond donors (Lipinski definition) is 1. The van der Waals surface area contributed by atoms with Crippen LogP contribution in [0.5, 0.6) is 0 Å². The number of rotatable bonds is 8. The molecule has 0 unspecified atom stereocenters. The maximum atomic E-state index is 11.8. The van der Waals surface area contributed by atoms with Crippen molar-refractivity contribution in [1.82, 2.24) is 4.98 Å². The van der Waals surface area contributed by atoms with Crippen molar-refractivity contribution in [3.8, 4) is 0 Å². The summed E-state index contributed by atoms with van der Waals surface area (Å²) in [6.45, 7) is -0.763. The fourth-order valence-electron chi connectivity index (χ4n) is 2.32. The van der Waals surface area contributed by atoms with E-state index in [4.69, 9.17) is 9.47 Å². The molecule has 0 aliphatic carbocycles. The van der Waals surface area contributed by atoms with E-state index in [1.54, 1.807) is 6.07 Å². The number of ether oxygens (including phenoxy) is 2. The van der Waals surface area contributed by atoms with Crippen LogP contribution in [0, 0.1) is 10.1 Å². The fraction of sp³-hybridized carbons (Fsp3) is 0.167. The van der Waals surface area contributed by atoms with Crippen molar-refractivity contribution < 1.29 is 24.0 Å². The van der Waals surface area contributed by atoms with E-state index in [1.165, 1.54) is 29.5 Å². The number of amides is 1. The lowest BCUT2D eigenvalue weighted by Crippen LogP contribution is -2.23. The van der Waals surface area contributed by atoms with Crippen molar-refractivity contribution >= 4 is 44.8 Å². The summed E-state index contributed by atoms with van der Waals surface area (Å²) < 4.78 is 11.1. The van der Waals surface area contributed by atoms with Crippen LogP contribution in [0.2, 0.25) is 0 Å². The maximum absolute atomic E-state index is 11.8. The van der Waals surface area contributed by atoms with E-state index in [0.29, 0.717) is 0 Å². The Morgan fingerprint density at radius 1 is 1.11 bits per heavy atom. The van der Waals surface area contributed by atoms with Gasteiger partial charge in [-0.05, 0) is 18.2 Å². The van der Waals surface area contributed by atoms with Gasteiger partial charge in [0.25, 0.3) is 11.6 Å². The number of hydrogen-bond acceptors (Lipinski definition) is 8. The summed E-state index contributed by atoms with van der Waals surface area (Å²) in [4.78, 5) is 38.2. The highest BCUT2D eigenvalue weighted by molar-refractivity contribution is 7.18. The van der Waals surface area contributed by atoms with E-state index in [1.807, 2.05) is 24.3 Å². The van der Waals surface area contributed by atoms with Crippen LogP contribution in [0.1, 0.15) is 5.01 Å². The standard InChI is InChI=1S/C18H15N3O6S/c22-16(19-12-5-1-3-7-14(12)21(24)25)9-27-18(23)11-26-10-17-20-13-6-2-4-8-15(13)28-17/h1-8H,9-11H2,(H,19,22). The second kappa shape index (κ2) is 9.02. The predicted octanol–water partition coefficient (Wildman–Crippen LogP) is 2.90. The lowest BCUT2D eigenvalue weighted by atomic mass is 10.2. The van der Waals surface area contributed by atoms with Crippen molar-refractivity contribution in [2.45, 2.75) is 6.61 Å². The zero-order chi connectivity index (χ0) is 19.9. The lowest BCUT2D eigenvalue weighted by molar-refractivity contribution is -0.383. The van der Waals surface area contributed by atoms with Crippen LogP contribution in [-0.2, 0) is 25.7 Å². The Kier molecular flexibility index (Phi) is 6.25. The topological polar surface area (TPSA) is 121 Å². The summed E-state index contributed by atoms with van der Waals surface area (Å²) in [5.74, 6) is -1.41. The number of carbonyl (C=O) groups excluding carboxylic acids is 2. The Balaban J connectivity index is 1.41. The SMILES string of the molecule is O=C(COC(=O)COCc1nc2ccccc2s1)Nc1ccccc1[N+](=O)[O-]. The summed E-state index contributed by atoms with van der Waals surface area (Å²) in [6.07, 6.45) is 0. The van der Waals surface area contributed by atoms with E-state index in [2.05, 4.69) is 10.3 Å². The van der Waals surface area contributed by atoms with Gasteiger partial charge < -0.3 is 14.8 Å². The van der Waals surface area contributed by atoms with Gasteiger partial charge >= 0.3 is 5.97 Å². The molecule has 144 valence electrons. The molecule has 0 fully saturated rings. The van der Waals surface area contributed by atoms with Crippen molar-refractivity contribution in [3.05, 3.63) is 63.7 Å². The molecule has 0 aliphatic rings. The molecule has 0 aliphatic heterocycles. The van der Waals surface area contributed by atoms with Crippen molar-refractivity contribution in [1.29, 1.82) is 0 Å². The Morgan fingerprint density at radius 3 is 2.64 bits per heavy atom. The van der Waals surface area contributed by atoms with E-state index in [0.717, 1.165) is 15.2 Å². The maximum Gasteiger partial charge on any atom is 0.332 e. The van der Waals surface area contributed by atoms with Crippen molar-refractivity contribution in [2.75, 3.05) is 18.5 Å². The molecule has 0 spiro atoms. The molecule has 1 heterocycles. The van der Waals surface area contributed by atoms with Gasteiger partial charge in [-0.2, -0.15) is 0 Å². The zero-order valence-corrected chi connectivity index (χ0v) is 15.3. The minimum Gasteiger partial charge on any atom is -0.454 e. The molecule has 9 nitrogen and oxygen atoms in total. The molecule has 1 amide bonds. The third-order valence-corrected chi connectivity index (χ3v) is 4.53. The van der Waals surface area contributed by atoms with Crippen molar-refractivity contribution in [3.63, 3.8) is 0 Å². The molecule has 1 aromatic heterocycles. The fourth-order valence-corrected chi connectivity index (χ4v) is 3.22. The number of nitrogens with zero attached hydrogens (tertiary/aromatic N) is 2. The molecular formula is C18H15N3O6S. The number of thiazole rings is 1. The molecule has 3 rings (SSSR count). The van der Waals surface area contributed by atoms with Crippen LogP contribution < -0.4 is 5.32 Å². The number of fused-ring (bicyclic) bond motifs is 1. The first-order chi connectivity index (χ1) is 13.5. The second-order valence-corrected chi connectivity index (χ2v) is 6.67. The zero-order valence-electron chi connectivity index (χ0n) is 14.5. The number of carbonyl (C=O) groups is 2. The number of anilines is 1. The summed E-state index contributed by atoms with van der Waals surface area (Å²) >= 11 is 1.46. The quantitative estimate of drug-likeness (QED) is 0.350.